The van der Waals surface area contributed by atoms with Crippen LogP contribution in [0.1, 0.15) is 66.2 Å². The fourth-order valence-electron chi connectivity index (χ4n) is 2.25. The van der Waals surface area contributed by atoms with Gasteiger partial charge in [-0.05, 0) is 52.4 Å². The van der Waals surface area contributed by atoms with Crippen molar-refractivity contribution in [2.24, 2.45) is 0 Å². The van der Waals surface area contributed by atoms with Crippen molar-refractivity contribution >= 4 is 14.6 Å². The summed E-state index contributed by atoms with van der Waals surface area (Å²) in [6.07, 6.45) is 11.5. The molecule has 1 unspecified atom stereocenters. The fraction of sp³-hybridized carbons (Fsp3) is 0.647. The first-order valence-electron chi connectivity index (χ1n) is 8.72. The van der Waals surface area contributed by atoms with Crippen molar-refractivity contribution in [2.75, 3.05) is 6.61 Å². The molecule has 0 rings (SSSR count). The summed E-state index contributed by atoms with van der Waals surface area (Å²) in [5.74, 6) is 0. The lowest BCUT2D eigenvalue weighted by Crippen LogP contribution is -1.96. The van der Waals surface area contributed by atoms with E-state index >= 15 is 0 Å². The monoisotopic (exact) mass is 410 g/mol. The molecule has 0 aliphatic heterocycles. The lowest BCUT2D eigenvalue weighted by molar-refractivity contribution is -0.145. The minimum absolute atomic E-state index is 0.308. The molecule has 7 nitrogen and oxygen atoms in total. The van der Waals surface area contributed by atoms with E-state index in [1.54, 1.807) is 6.08 Å². The van der Waals surface area contributed by atoms with E-state index < -0.39 is 14.6 Å². The van der Waals surface area contributed by atoms with Crippen molar-refractivity contribution in [3.05, 3.63) is 34.9 Å². The van der Waals surface area contributed by atoms with Crippen LogP contribution in [0.4, 0.5) is 0 Å². The van der Waals surface area contributed by atoms with E-state index in [9.17, 15) is 9.13 Å². The molecule has 0 spiro atoms. The third kappa shape index (κ3) is 9.98. The zero-order valence-corrected chi connectivity index (χ0v) is 17.8. The van der Waals surface area contributed by atoms with Crippen LogP contribution in [-0.4, -0.2) is 21.7 Å². The molecule has 0 heterocycles. The Morgan fingerprint density at radius 2 is 1.42 bits per heavy atom. The average molecular weight is 410 g/mol. The molecule has 152 valence electrons. The second kappa shape index (κ2) is 12.8. The van der Waals surface area contributed by atoms with Crippen LogP contribution in [0.25, 0.3) is 0 Å². The average Bonchev–Trinajstić information content (AvgIpc) is 2.57. The Labute approximate surface area is 156 Å². The summed E-state index contributed by atoms with van der Waals surface area (Å²) in [4.78, 5) is 17.8. The highest BCUT2D eigenvalue weighted by molar-refractivity contribution is 8.26. The topological polar surface area (TPSA) is 113 Å². The first-order chi connectivity index (χ1) is 12.1. The van der Waals surface area contributed by atoms with Crippen molar-refractivity contribution in [1.29, 1.82) is 0 Å². The van der Waals surface area contributed by atoms with Crippen molar-refractivity contribution in [3.8, 4) is 0 Å². The second-order valence-corrected chi connectivity index (χ2v) is 11.6. The molecule has 0 saturated heterocycles. The molecule has 1 atom stereocenters. The normalized spacial score (nSPS) is 15.7. The molecule has 0 aliphatic carbocycles. The number of allylic oxidation sites excluding steroid dienone is 5. The molecule has 26 heavy (non-hydrogen) atoms. The summed E-state index contributed by atoms with van der Waals surface area (Å²) >= 11 is 0. The molecule has 0 bridgehead atoms. The number of hydrogen-bond donors (Lipinski definition) is 3. The summed E-state index contributed by atoms with van der Waals surface area (Å²) in [5, 5.41) is 8.47. The first kappa shape index (κ1) is 25.5. The Morgan fingerprint density at radius 3 is 1.85 bits per heavy atom. The van der Waals surface area contributed by atoms with E-state index in [1.807, 2.05) is 6.92 Å². The molecule has 3 N–H and O–H groups in total. The van der Waals surface area contributed by atoms with Gasteiger partial charge in [0.2, 0.25) is 0 Å². The van der Waals surface area contributed by atoms with Crippen LogP contribution in [0, 0.1) is 0 Å². The van der Waals surface area contributed by atoms with Gasteiger partial charge in [0.05, 0.1) is 6.61 Å². The fourth-order valence-corrected chi connectivity index (χ4v) is 3.74. The number of rotatable bonds is 13. The maximum absolute atomic E-state index is 11.7. The van der Waals surface area contributed by atoms with Crippen molar-refractivity contribution in [2.45, 2.75) is 66.2 Å². The van der Waals surface area contributed by atoms with Gasteiger partial charge in [-0.25, -0.2) is 14.4 Å². The van der Waals surface area contributed by atoms with E-state index in [-0.39, 0.29) is 6.61 Å². The molecule has 0 radical (unpaired) electrons. The molecule has 9 heteroatoms. The second-order valence-electron chi connectivity index (χ2n) is 6.15. The maximum atomic E-state index is 11.7. The van der Waals surface area contributed by atoms with E-state index in [0.29, 0.717) is 0 Å². The minimum Gasteiger partial charge on any atom is -0.316 e. The van der Waals surface area contributed by atoms with Gasteiger partial charge in [0, 0.05) is 0 Å². The van der Waals surface area contributed by atoms with Gasteiger partial charge < -0.3 is 9.79 Å². The van der Waals surface area contributed by atoms with Crippen LogP contribution >= 0.6 is 14.6 Å². The van der Waals surface area contributed by atoms with E-state index in [2.05, 4.69) is 42.1 Å². The third-order valence-electron chi connectivity index (χ3n) is 3.86. The smallest absolute Gasteiger partial charge is 0.316 e. The Kier molecular flexibility index (Phi) is 12.5. The van der Waals surface area contributed by atoms with Crippen LogP contribution in [0.3, 0.4) is 0 Å². The summed E-state index contributed by atoms with van der Waals surface area (Å²) in [6.45, 7) is 7.95. The molecule has 0 aromatic rings. The Balaban J connectivity index is 4.63. The van der Waals surface area contributed by atoms with Gasteiger partial charge in [-0.15, -0.1) is 4.67 Å². The Bertz CT molecular complexity index is 598. The highest BCUT2D eigenvalue weighted by Crippen LogP contribution is 2.77. The molecular weight excluding hydrogens is 378 g/mol. The molecule has 0 aromatic carbocycles. The third-order valence-corrected chi connectivity index (χ3v) is 7.66. The SMILES string of the molecule is CC/C(=C\CC/C(=C/COP(=O)(OO)P(=O)(O)O)CC)CCC=C(C)C. The quantitative estimate of drug-likeness (QED) is 0.148. The predicted molar refractivity (Wildman–Crippen MR) is 104 cm³/mol. The minimum atomic E-state index is -5.19. The molecule has 0 aliphatic rings. The van der Waals surface area contributed by atoms with Crippen LogP contribution in [-0.2, 0) is 18.3 Å². The highest BCUT2D eigenvalue weighted by Gasteiger charge is 2.46. The summed E-state index contributed by atoms with van der Waals surface area (Å²) in [5.41, 5.74) is 3.72. The van der Waals surface area contributed by atoms with Gasteiger partial charge >= 0.3 is 14.6 Å². The van der Waals surface area contributed by atoms with Crippen molar-refractivity contribution in [1.82, 2.24) is 0 Å². The highest BCUT2D eigenvalue weighted by atomic mass is 32.1. The van der Waals surface area contributed by atoms with E-state index in [1.165, 1.54) is 11.1 Å². The summed E-state index contributed by atoms with van der Waals surface area (Å²) < 4.78 is 30.7. The molecule has 0 amide bonds. The van der Waals surface area contributed by atoms with Crippen LogP contribution in [0.5, 0.6) is 0 Å². The Morgan fingerprint density at radius 1 is 0.923 bits per heavy atom. The van der Waals surface area contributed by atoms with Gasteiger partial charge in [0.1, 0.15) is 0 Å². The van der Waals surface area contributed by atoms with Gasteiger partial charge in [-0.2, -0.15) is 0 Å². The van der Waals surface area contributed by atoms with Gasteiger partial charge in [-0.1, -0.05) is 48.8 Å². The Hall–Kier alpha value is -0.520. The van der Waals surface area contributed by atoms with Crippen LogP contribution in [0.15, 0.2) is 34.9 Å². The molecule has 0 fully saturated rings. The van der Waals surface area contributed by atoms with Crippen molar-refractivity contribution < 1.29 is 33.4 Å². The molecule has 0 aromatic heterocycles. The summed E-state index contributed by atoms with van der Waals surface area (Å²) in [6, 6.07) is 0. The van der Waals surface area contributed by atoms with Gasteiger partial charge in [-0.3, -0.25) is 4.52 Å². The number of hydrogen-bond acceptors (Lipinski definition) is 5. The van der Waals surface area contributed by atoms with Crippen molar-refractivity contribution in [3.63, 3.8) is 0 Å². The van der Waals surface area contributed by atoms with Gasteiger partial charge in [0.15, 0.2) is 0 Å². The molecule has 0 saturated carbocycles. The lowest BCUT2D eigenvalue weighted by Gasteiger charge is -2.14. The lowest BCUT2D eigenvalue weighted by atomic mass is 10.0. The van der Waals surface area contributed by atoms with E-state index in [4.69, 9.17) is 15.0 Å². The van der Waals surface area contributed by atoms with E-state index in [0.717, 1.165) is 44.1 Å². The first-order valence-corrected chi connectivity index (χ1v) is 12.6. The van der Waals surface area contributed by atoms with Crippen LogP contribution < -0.4 is 0 Å². The molecular formula is C17H32O7P2. The zero-order chi connectivity index (χ0) is 20.2. The summed E-state index contributed by atoms with van der Waals surface area (Å²) in [7, 11) is -10.1. The largest absolute Gasteiger partial charge is 0.467 e. The maximum Gasteiger partial charge on any atom is 0.467 e. The standard InChI is InChI=1S/C17H32O7P2/c1-5-16(10-7-9-15(3)4)11-8-12-17(6-2)13-14-23-26(22,24-18)25(19,20)21/h9,11,13,18H,5-8,10,12,14H2,1-4H3,(H2,19,20,21)/b16-11+,17-13+. The predicted octanol–water partition coefficient (Wildman–Crippen LogP) is 5.98. The zero-order valence-electron chi connectivity index (χ0n) is 16.1. The van der Waals surface area contributed by atoms with Crippen LogP contribution in [0.2, 0.25) is 0 Å². The van der Waals surface area contributed by atoms with Gasteiger partial charge in [0.25, 0.3) is 0 Å².